The number of carbonyl (C=O) groups is 1. The molecule has 0 saturated heterocycles. The molecule has 1 aromatic carbocycles. The number of fused-ring (bicyclic) bond motifs is 1. The lowest BCUT2D eigenvalue weighted by Gasteiger charge is -2.06. The number of carboxylic acid groups (broad SMARTS) is 1. The van der Waals surface area contributed by atoms with Crippen molar-refractivity contribution in [3.8, 4) is 11.3 Å². The van der Waals surface area contributed by atoms with E-state index in [0.717, 1.165) is 0 Å². The molecule has 0 atom stereocenters. The molecular weight excluding hydrogens is 249 g/mol. The van der Waals surface area contributed by atoms with Gasteiger partial charge in [-0.15, -0.1) is 0 Å². The van der Waals surface area contributed by atoms with Crippen LogP contribution >= 0.6 is 0 Å². The van der Waals surface area contributed by atoms with Crippen molar-refractivity contribution in [3.05, 3.63) is 54.1 Å². The molecule has 0 amide bonds. The van der Waals surface area contributed by atoms with E-state index in [1.54, 1.807) is 18.2 Å². The summed E-state index contributed by atoms with van der Waals surface area (Å²) in [6.07, 6.45) is 1.51. The van der Waals surface area contributed by atoms with Crippen LogP contribution in [0.4, 0.5) is 4.39 Å². The molecule has 0 aliphatic heterocycles. The Morgan fingerprint density at radius 1 is 1.26 bits per heavy atom. The quantitative estimate of drug-likeness (QED) is 0.764. The van der Waals surface area contributed by atoms with Gasteiger partial charge in [0.05, 0.1) is 11.9 Å². The highest BCUT2D eigenvalue weighted by Gasteiger charge is 2.13. The average molecular weight is 257 g/mol. The Balaban J connectivity index is 2.32. The highest BCUT2D eigenvalue weighted by Crippen LogP contribution is 2.21. The first kappa shape index (κ1) is 11.3. The van der Waals surface area contributed by atoms with Crippen LogP contribution in [0.25, 0.3) is 16.9 Å². The van der Waals surface area contributed by atoms with E-state index in [1.807, 2.05) is 0 Å². The fourth-order valence-electron chi connectivity index (χ4n) is 1.88. The molecule has 1 N–H and O–H groups in total. The van der Waals surface area contributed by atoms with Gasteiger partial charge in [0.2, 0.25) is 0 Å². The minimum atomic E-state index is -1.14. The smallest absolute Gasteiger partial charge is 0.354 e. The van der Waals surface area contributed by atoms with Gasteiger partial charge in [-0.2, -0.15) is 5.10 Å². The maximum Gasteiger partial charge on any atom is 0.354 e. The molecule has 0 radical (unpaired) electrons. The molecule has 6 heteroatoms. The molecular formula is C13H8FN3O2. The standard InChI is InChI=1S/C13H8FN3O2/c14-9-3-1-2-8(6-9)11-7-10(13(18)19)16-12-4-5-15-17(11)12/h1-7H,(H,18,19). The Labute approximate surface area is 107 Å². The summed E-state index contributed by atoms with van der Waals surface area (Å²) in [6, 6.07) is 8.85. The Kier molecular flexibility index (Phi) is 2.49. The van der Waals surface area contributed by atoms with Crippen molar-refractivity contribution in [1.29, 1.82) is 0 Å². The van der Waals surface area contributed by atoms with Gasteiger partial charge in [0.15, 0.2) is 11.3 Å². The van der Waals surface area contributed by atoms with E-state index in [-0.39, 0.29) is 5.69 Å². The van der Waals surface area contributed by atoms with Crippen LogP contribution in [0.15, 0.2) is 42.6 Å². The molecule has 5 nitrogen and oxygen atoms in total. The summed E-state index contributed by atoms with van der Waals surface area (Å²) in [7, 11) is 0. The van der Waals surface area contributed by atoms with Crippen LogP contribution in [0, 0.1) is 5.82 Å². The number of rotatable bonds is 2. The van der Waals surface area contributed by atoms with Crippen LogP contribution in [0.1, 0.15) is 10.5 Å². The Morgan fingerprint density at radius 3 is 2.84 bits per heavy atom. The van der Waals surface area contributed by atoms with Gasteiger partial charge in [-0.3, -0.25) is 0 Å². The second kappa shape index (κ2) is 4.16. The fourth-order valence-corrected chi connectivity index (χ4v) is 1.88. The molecule has 0 aliphatic carbocycles. The average Bonchev–Trinajstić information content (AvgIpc) is 2.85. The first-order valence-corrected chi connectivity index (χ1v) is 5.49. The third-order valence-corrected chi connectivity index (χ3v) is 2.70. The van der Waals surface area contributed by atoms with Crippen LogP contribution < -0.4 is 0 Å². The number of aromatic carboxylic acids is 1. The maximum atomic E-state index is 13.3. The zero-order chi connectivity index (χ0) is 13.4. The predicted molar refractivity (Wildman–Crippen MR) is 65.3 cm³/mol. The molecule has 0 aliphatic rings. The van der Waals surface area contributed by atoms with E-state index in [1.165, 1.54) is 28.9 Å². The summed E-state index contributed by atoms with van der Waals surface area (Å²) in [5, 5.41) is 13.1. The highest BCUT2D eigenvalue weighted by molar-refractivity contribution is 5.87. The summed E-state index contributed by atoms with van der Waals surface area (Å²) in [5.41, 5.74) is 1.32. The summed E-state index contributed by atoms with van der Waals surface area (Å²) in [5.74, 6) is -1.53. The van der Waals surface area contributed by atoms with Crippen molar-refractivity contribution in [2.45, 2.75) is 0 Å². The van der Waals surface area contributed by atoms with E-state index in [2.05, 4.69) is 10.1 Å². The lowest BCUT2D eigenvalue weighted by Crippen LogP contribution is -2.05. The number of halogens is 1. The van der Waals surface area contributed by atoms with E-state index in [0.29, 0.717) is 16.9 Å². The van der Waals surface area contributed by atoms with Crippen LogP contribution in [0.3, 0.4) is 0 Å². The molecule has 0 fully saturated rings. The van der Waals surface area contributed by atoms with Crippen LogP contribution in [-0.4, -0.2) is 25.7 Å². The number of benzene rings is 1. The minimum Gasteiger partial charge on any atom is -0.477 e. The molecule has 0 saturated carbocycles. The summed E-state index contributed by atoms with van der Waals surface area (Å²) < 4.78 is 14.7. The third-order valence-electron chi connectivity index (χ3n) is 2.70. The first-order valence-electron chi connectivity index (χ1n) is 5.49. The van der Waals surface area contributed by atoms with Gasteiger partial charge in [-0.1, -0.05) is 12.1 Å². The number of nitrogens with zero attached hydrogens (tertiary/aromatic N) is 3. The Bertz CT molecular complexity index is 782. The SMILES string of the molecule is O=C(O)c1cc(-c2cccc(F)c2)n2nccc2n1. The molecule has 94 valence electrons. The van der Waals surface area contributed by atoms with Gasteiger partial charge in [0.1, 0.15) is 5.82 Å². The largest absolute Gasteiger partial charge is 0.477 e. The highest BCUT2D eigenvalue weighted by atomic mass is 19.1. The number of hydrogen-bond acceptors (Lipinski definition) is 3. The van der Waals surface area contributed by atoms with Crippen molar-refractivity contribution in [3.63, 3.8) is 0 Å². The topological polar surface area (TPSA) is 67.5 Å². The monoisotopic (exact) mass is 257 g/mol. The summed E-state index contributed by atoms with van der Waals surface area (Å²) in [4.78, 5) is 15.0. The molecule has 0 spiro atoms. The van der Waals surface area contributed by atoms with Gasteiger partial charge < -0.3 is 5.11 Å². The molecule has 3 rings (SSSR count). The van der Waals surface area contributed by atoms with Crippen molar-refractivity contribution in [1.82, 2.24) is 14.6 Å². The van der Waals surface area contributed by atoms with Crippen LogP contribution in [0.2, 0.25) is 0 Å². The molecule has 19 heavy (non-hydrogen) atoms. The molecule has 3 aromatic rings. The molecule has 0 bridgehead atoms. The Morgan fingerprint density at radius 2 is 2.11 bits per heavy atom. The maximum absolute atomic E-state index is 13.3. The number of aromatic nitrogens is 3. The Hall–Kier alpha value is -2.76. The van der Waals surface area contributed by atoms with Gasteiger partial charge in [0.25, 0.3) is 0 Å². The minimum absolute atomic E-state index is 0.104. The van der Waals surface area contributed by atoms with Gasteiger partial charge in [-0.05, 0) is 18.2 Å². The summed E-state index contributed by atoms with van der Waals surface area (Å²) in [6.45, 7) is 0. The second-order valence-electron chi connectivity index (χ2n) is 3.94. The van der Waals surface area contributed by atoms with E-state index < -0.39 is 11.8 Å². The summed E-state index contributed by atoms with van der Waals surface area (Å²) >= 11 is 0. The molecule has 0 unspecified atom stereocenters. The van der Waals surface area contributed by atoms with Crippen molar-refractivity contribution >= 4 is 11.6 Å². The van der Waals surface area contributed by atoms with Crippen LogP contribution in [0.5, 0.6) is 0 Å². The number of hydrogen-bond donors (Lipinski definition) is 1. The molecule has 2 aromatic heterocycles. The lowest BCUT2D eigenvalue weighted by atomic mass is 10.1. The molecule has 2 heterocycles. The predicted octanol–water partition coefficient (Wildman–Crippen LogP) is 2.23. The van der Waals surface area contributed by atoms with E-state index in [9.17, 15) is 9.18 Å². The van der Waals surface area contributed by atoms with Gasteiger partial charge in [0, 0.05) is 11.6 Å². The van der Waals surface area contributed by atoms with Crippen molar-refractivity contribution in [2.75, 3.05) is 0 Å². The second-order valence-corrected chi connectivity index (χ2v) is 3.94. The van der Waals surface area contributed by atoms with Crippen LogP contribution in [-0.2, 0) is 0 Å². The zero-order valence-electron chi connectivity index (χ0n) is 9.62. The van der Waals surface area contributed by atoms with Gasteiger partial charge >= 0.3 is 5.97 Å². The van der Waals surface area contributed by atoms with E-state index in [4.69, 9.17) is 5.11 Å². The third kappa shape index (κ3) is 1.93. The lowest BCUT2D eigenvalue weighted by molar-refractivity contribution is 0.0690. The van der Waals surface area contributed by atoms with E-state index >= 15 is 0 Å². The van der Waals surface area contributed by atoms with Crippen molar-refractivity contribution in [2.24, 2.45) is 0 Å². The van der Waals surface area contributed by atoms with Gasteiger partial charge in [-0.25, -0.2) is 18.7 Å². The zero-order valence-corrected chi connectivity index (χ0v) is 9.62. The fraction of sp³-hybridized carbons (Fsp3) is 0. The number of carboxylic acids is 1. The van der Waals surface area contributed by atoms with Crippen molar-refractivity contribution < 1.29 is 14.3 Å². The first-order chi connectivity index (χ1) is 9.15. The normalized spacial score (nSPS) is 10.8.